The Labute approximate surface area is 280 Å². The second-order valence-corrected chi connectivity index (χ2v) is 12.8. The maximum absolute atomic E-state index is 13.3. The number of hydrogen-bond acceptors (Lipinski definition) is 15. The average molecular weight is 709 g/mol. The molecule has 1 saturated heterocycles. The highest BCUT2D eigenvalue weighted by Gasteiger charge is 2.57. The van der Waals surface area contributed by atoms with E-state index in [4.69, 9.17) is 25.8 Å². The molecular weight excluding hydrogens is 672 g/mol. The number of hydrogen-bond donors (Lipinski definition) is 3. The van der Waals surface area contributed by atoms with Gasteiger partial charge in [-0.1, -0.05) is 17.3 Å². The molecule has 3 heterocycles. The summed E-state index contributed by atoms with van der Waals surface area (Å²) in [5.74, 6) is -2.41. The van der Waals surface area contributed by atoms with Crippen molar-refractivity contribution in [2.45, 2.75) is 51.4 Å². The Morgan fingerprint density at radius 3 is 2.54 bits per heavy atom. The molecule has 2 amide bonds. The van der Waals surface area contributed by atoms with Gasteiger partial charge in [-0.05, 0) is 51.4 Å². The van der Waals surface area contributed by atoms with Gasteiger partial charge in [0.15, 0.2) is 17.9 Å². The van der Waals surface area contributed by atoms with Crippen molar-refractivity contribution in [1.82, 2.24) is 20.0 Å². The summed E-state index contributed by atoms with van der Waals surface area (Å²) < 4.78 is 52.2. The smallest absolute Gasteiger partial charge is 0.353 e. The van der Waals surface area contributed by atoms with Gasteiger partial charge in [0.05, 0.1) is 30.5 Å². The number of oxime groups is 1. The van der Waals surface area contributed by atoms with Gasteiger partial charge in [-0.15, -0.1) is 16.0 Å². The molecule has 3 aromatic rings. The molecule has 1 aliphatic heterocycles. The fourth-order valence-corrected chi connectivity index (χ4v) is 5.61. The second kappa shape index (κ2) is 15.1. The third-order valence-electron chi connectivity index (χ3n) is 7.12. The number of ether oxygens (including phenoxy) is 2. The first kappa shape index (κ1) is 36.2. The molecule has 2 atom stereocenters. The van der Waals surface area contributed by atoms with Crippen LogP contribution < -0.4 is 26.2 Å². The number of carbonyl (C=O) groups is 3. The number of nitrogens with zero attached hydrogens (tertiary/aromatic N) is 5. The van der Waals surface area contributed by atoms with Crippen LogP contribution in [-0.4, -0.2) is 88.6 Å². The first-order valence-electron chi connectivity index (χ1n) is 14.6. The quantitative estimate of drug-likeness (QED) is 0.0326. The number of aryl methyl sites for hydroxylation is 2. The van der Waals surface area contributed by atoms with Gasteiger partial charge in [-0.25, -0.2) is 18.2 Å². The number of anilines is 1. The van der Waals surface area contributed by atoms with Crippen LogP contribution in [0, 0.1) is 0 Å². The number of rotatable bonds is 16. The highest BCUT2D eigenvalue weighted by Crippen LogP contribution is 2.33. The number of β-lactam (4-membered cyclic amide) rings is 1. The number of nitrogens with two attached hydrogens (primary N) is 2. The van der Waals surface area contributed by atoms with Gasteiger partial charge < -0.3 is 35.6 Å². The van der Waals surface area contributed by atoms with E-state index in [0.29, 0.717) is 17.4 Å². The molecule has 5 N–H and O–H groups in total. The molecule has 1 unspecified atom stereocenters. The van der Waals surface area contributed by atoms with Crippen molar-refractivity contribution in [3.05, 3.63) is 47.7 Å². The van der Waals surface area contributed by atoms with E-state index in [9.17, 15) is 27.4 Å². The lowest BCUT2D eigenvalue weighted by atomic mass is 9.84. The Hall–Kier alpha value is -4.63. The number of benzene rings is 1. The highest BCUT2D eigenvalue weighted by atomic mass is 32.3. The van der Waals surface area contributed by atoms with Crippen LogP contribution in [0.3, 0.4) is 0 Å². The summed E-state index contributed by atoms with van der Waals surface area (Å²) in [5.41, 5.74) is 11.3. The first-order chi connectivity index (χ1) is 22.6. The van der Waals surface area contributed by atoms with E-state index in [1.165, 1.54) is 19.2 Å². The van der Waals surface area contributed by atoms with Crippen LogP contribution in [-0.2, 0) is 52.2 Å². The molecule has 48 heavy (non-hydrogen) atoms. The zero-order valence-electron chi connectivity index (χ0n) is 26.5. The Bertz CT molecular complexity index is 1770. The molecule has 0 radical (unpaired) electrons. The lowest BCUT2D eigenvalue weighted by molar-refractivity contribution is -0.753. The molecule has 260 valence electrons. The number of thiazole rings is 1. The average Bonchev–Trinajstić information content (AvgIpc) is 3.63. The molecule has 1 aliphatic rings. The monoisotopic (exact) mass is 708 g/mol. The molecule has 4 rings (SSSR count). The summed E-state index contributed by atoms with van der Waals surface area (Å²) in [6.45, 7) is 5.35. The van der Waals surface area contributed by atoms with E-state index in [2.05, 4.69) is 24.4 Å². The van der Waals surface area contributed by atoms with Gasteiger partial charge in [0, 0.05) is 5.38 Å². The van der Waals surface area contributed by atoms with Crippen molar-refractivity contribution in [2.24, 2.45) is 17.9 Å². The topological polar surface area (TPSA) is 247 Å². The summed E-state index contributed by atoms with van der Waals surface area (Å²) >= 11 is 0.987. The zero-order chi connectivity index (χ0) is 35.2. The minimum atomic E-state index is -5.26. The molecule has 1 fully saturated rings. The molecule has 2 aromatic heterocycles. The Balaban J connectivity index is 1.49. The van der Waals surface area contributed by atoms with Gasteiger partial charge in [-0.3, -0.25) is 9.59 Å². The number of carbonyl (C=O) groups excluding carboxylic acids is 3. The van der Waals surface area contributed by atoms with Gasteiger partial charge >= 0.3 is 5.97 Å². The molecular formula is C28H36N8O10S2. The number of esters is 1. The normalized spacial score (nSPS) is 16.6. The minimum Gasteiger partial charge on any atom is -0.724 e. The molecule has 0 bridgehead atoms. The largest absolute Gasteiger partial charge is 0.724 e. The standard InChI is InChI=1S/C28H36N8O10S2/c1-5-43-26(39)21(15-44-19-9-7-17(8-10-19)18-13-34(4)35(14-18)12-6-11-29)45-33-22(20-16-47-27(30)31-20)24(37)32-23-25(38)36(28(23,2)3)46-48(40,41)42/h7-10,13-14,16,21,23H,5-6,11-12,15,29H2,1-4H3,(H3-,30,31,32,37,40,41,42)/b33-22-/t21?,23-/m1/s1. The lowest BCUT2D eigenvalue weighted by Gasteiger charge is -2.51. The van der Waals surface area contributed by atoms with Crippen LogP contribution in [0.4, 0.5) is 5.13 Å². The van der Waals surface area contributed by atoms with E-state index in [1.54, 1.807) is 19.1 Å². The Kier molecular flexibility index (Phi) is 11.4. The zero-order valence-corrected chi connectivity index (χ0v) is 28.2. The SMILES string of the molecule is CCOC(=O)C(COc1ccc(-c2cn(CCCN)[n+](C)c2)cc1)O/N=C(\C(=O)N[C@@H]1C(=O)N(OS(=O)(=O)[O-])C1(C)C)c1csc(N)n1. The number of amides is 2. The van der Waals surface area contributed by atoms with Gasteiger partial charge in [-0.2, -0.15) is 14.0 Å². The third-order valence-corrected chi connectivity index (χ3v) is 8.12. The Morgan fingerprint density at radius 2 is 1.96 bits per heavy atom. The lowest BCUT2D eigenvalue weighted by Crippen LogP contribution is -2.76. The first-order valence-corrected chi connectivity index (χ1v) is 16.8. The summed E-state index contributed by atoms with van der Waals surface area (Å²) in [5, 5.41) is 8.09. The fraction of sp³-hybridized carbons (Fsp3) is 0.429. The highest BCUT2D eigenvalue weighted by molar-refractivity contribution is 7.80. The second-order valence-electron chi connectivity index (χ2n) is 11.0. The van der Waals surface area contributed by atoms with Crippen molar-refractivity contribution in [3.8, 4) is 16.9 Å². The third kappa shape index (κ3) is 8.63. The number of nitrogen functional groups attached to an aromatic ring is 1. The fourth-order valence-electron chi connectivity index (χ4n) is 4.61. The van der Waals surface area contributed by atoms with E-state index in [1.807, 2.05) is 36.3 Å². The van der Waals surface area contributed by atoms with Crippen molar-refractivity contribution in [3.63, 3.8) is 0 Å². The minimum absolute atomic E-state index is 0.0198. The number of nitrogens with one attached hydrogen (secondary N) is 1. The van der Waals surface area contributed by atoms with Crippen molar-refractivity contribution < 1.29 is 50.6 Å². The summed E-state index contributed by atoms with van der Waals surface area (Å²) in [6.07, 6.45) is 3.41. The van der Waals surface area contributed by atoms with E-state index in [0.717, 1.165) is 35.4 Å². The van der Waals surface area contributed by atoms with Crippen molar-refractivity contribution >= 4 is 50.4 Å². The molecule has 0 aliphatic carbocycles. The summed E-state index contributed by atoms with van der Waals surface area (Å²) in [4.78, 5) is 48.2. The maximum Gasteiger partial charge on any atom is 0.353 e. The summed E-state index contributed by atoms with van der Waals surface area (Å²) in [7, 11) is -3.32. The van der Waals surface area contributed by atoms with Crippen LogP contribution >= 0.6 is 11.3 Å². The van der Waals surface area contributed by atoms with Crippen molar-refractivity contribution in [1.29, 1.82) is 0 Å². The van der Waals surface area contributed by atoms with E-state index >= 15 is 0 Å². The van der Waals surface area contributed by atoms with Crippen LogP contribution in [0.25, 0.3) is 11.1 Å². The Morgan fingerprint density at radius 1 is 1.25 bits per heavy atom. The van der Waals surface area contributed by atoms with Crippen LogP contribution in [0.15, 0.2) is 47.2 Å². The van der Waals surface area contributed by atoms with Crippen LogP contribution in [0.5, 0.6) is 5.75 Å². The number of hydroxylamine groups is 2. The summed E-state index contributed by atoms with van der Waals surface area (Å²) in [6, 6.07) is 5.82. The molecule has 0 saturated carbocycles. The van der Waals surface area contributed by atoms with Gasteiger partial charge in [0.1, 0.15) is 24.1 Å². The maximum atomic E-state index is 13.3. The van der Waals surface area contributed by atoms with Gasteiger partial charge in [0.25, 0.3) is 17.9 Å². The van der Waals surface area contributed by atoms with Gasteiger partial charge in [0.2, 0.25) is 16.6 Å². The number of aromatic nitrogens is 3. The predicted octanol–water partition coefficient (Wildman–Crippen LogP) is -0.404. The molecule has 18 nitrogen and oxygen atoms in total. The van der Waals surface area contributed by atoms with E-state index in [-0.39, 0.29) is 24.0 Å². The molecule has 20 heteroatoms. The van der Waals surface area contributed by atoms with Crippen molar-refractivity contribution in [2.75, 3.05) is 25.5 Å². The molecule has 1 aromatic carbocycles. The van der Waals surface area contributed by atoms with Crippen LogP contribution in [0.2, 0.25) is 0 Å². The predicted molar refractivity (Wildman–Crippen MR) is 168 cm³/mol. The van der Waals surface area contributed by atoms with E-state index < -0.39 is 51.6 Å². The molecule has 0 spiro atoms. The van der Waals surface area contributed by atoms with Crippen LogP contribution in [0.1, 0.15) is 32.9 Å².